The lowest BCUT2D eigenvalue weighted by atomic mass is 10.1. The van der Waals surface area contributed by atoms with Gasteiger partial charge in [0.2, 0.25) is 5.28 Å². The van der Waals surface area contributed by atoms with Gasteiger partial charge >= 0.3 is 0 Å². The van der Waals surface area contributed by atoms with Crippen molar-refractivity contribution in [3.05, 3.63) is 41.9 Å². The number of hydrogen-bond acceptors (Lipinski definition) is 9. The van der Waals surface area contributed by atoms with E-state index in [2.05, 4.69) is 20.3 Å². The lowest BCUT2D eigenvalue weighted by molar-refractivity contribution is -0.0511. The van der Waals surface area contributed by atoms with Crippen molar-refractivity contribution in [2.75, 3.05) is 18.5 Å². The van der Waals surface area contributed by atoms with Crippen LogP contribution in [0.15, 0.2) is 36.7 Å². The molecule has 30 heavy (non-hydrogen) atoms. The predicted molar refractivity (Wildman–Crippen MR) is 108 cm³/mol. The molecule has 0 bridgehead atoms. The maximum absolute atomic E-state index is 10.3. The van der Waals surface area contributed by atoms with Gasteiger partial charge < -0.3 is 30.1 Å². The van der Waals surface area contributed by atoms with Crippen molar-refractivity contribution in [3.8, 4) is 5.75 Å². The largest absolute Gasteiger partial charge is 0.489 e. The van der Waals surface area contributed by atoms with E-state index in [0.29, 0.717) is 23.5 Å². The first kappa shape index (κ1) is 20.8. The molecule has 5 atom stereocenters. The Morgan fingerprint density at radius 1 is 1.23 bits per heavy atom. The first-order valence-electron chi connectivity index (χ1n) is 9.46. The summed E-state index contributed by atoms with van der Waals surface area (Å²) in [5.74, 6) is 1.16. The van der Waals surface area contributed by atoms with Crippen molar-refractivity contribution in [1.82, 2.24) is 19.5 Å². The summed E-state index contributed by atoms with van der Waals surface area (Å²) in [4.78, 5) is 12.7. The van der Waals surface area contributed by atoms with E-state index in [1.165, 1.54) is 10.9 Å². The molecule has 3 aromatic rings. The van der Waals surface area contributed by atoms with Gasteiger partial charge in [0.05, 0.1) is 19.5 Å². The smallest absolute Gasteiger partial charge is 0.226 e. The molecule has 1 aromatic carbocycles. The van der Waals surface area contributed by atoms with Crippen LogP contribution < -0.4 is 10.1 Å². The van der Waals surface area contributed by atoms with Crippen molar-refractivity contribution < 1.29 is 24.8 Å². The van der Waals surface area contributed by atoms with E-state index in [9.17, 15) is 15.3 Å². The monoisotopic (exact) mass is 435 g/mol. The summed E-state index contributed by atoms with van der Waals surface area (Å²) < 4.78 is 12.9. The minimum Gasteiger partial charge on any atom is -0.489 e. The summed E-state index contributed by atoms with van der Waals surface area (Å²) in [5, 5.41) is 32.8. The summed E-state index contributed by atoms with van der Waals surface area (Å²) in [7, 11) is 0. The Bertz CT molecular complexity index is 1000. The molecule has 10 nitrogen and oxygen atoms in total. The van der Waals surface area contributed by atoms with Gasteiger partial charge in [-0.05, 0) is 30.7 Å². The standard InChI is InChI=1S/C19H22ClN5O5/c1-10(29-11-5-3-2-4-6-11)7-21-16-13-17(24-19(20)23-16)25(9-22-13)18-15(28)14(27)12(8-26)30-18/h2-6,9-10,12,14-15,18,26-28H,7-8H2,1H3,(H,21,23,24)/t10-,12-,14?,15?,18-/m1/s1. The number of fused-ring (bicyclic) bond motifs is 1. The van der Waals surface area contributed by atoms with Crippen LogP contribution in [-0.4, -0.2) is 72.4 Å². The number of benzene rings is 1. The highest BCUT2D eigenvalue weighted by atomic mass is 35.5. The molecule has 0 aliphatic carbocycles. The van der Waals surface area contributed by atoms with Crippen molar-refractivity contribution in [2.45, 2.75) is 37.6 Å². The quantitative estimate of drug-likeness (QED) is 0.400. The normalized spacial score (nSPS) is 24.8. The fraction of sp³-hybridized carbons (Fsp3) is 0.421. The van der Waals surface area contributed by atoms with Gasteiger partial charge in [-0.1, -0.05) is 18.2 Å². The topological polar surface area (TPSA) is 135 Å². The SMILES string of the molecule is C[C@H](CNc1nc(Cl)nc2c1ncn2[C@@H]1O[C@H](CO)C(O)C1O)Oc1ccccc1. The number of para-hydroxylation sites is 1. The maximum atomic E-state index is 10.3. The molecule has 1 aliphatic heterocycles. The highest BCUT2D eigenvalue weighted by Crippen LogP contribution is 2.32. The molecule has 160 valence electrons. The molecule has 0 amide bonds. The van der Waals surface area contributed by atoms with E-state index in [4.69, 9.17) is 21.1 Å². The number of hydrogen-bond donors (Lipinski definition) is 4. The van der Waals surface area contributed by atoms with Gasteiger partial charge in [0.1, 0.15) is 30.2 Å². The fourth-order valence-electron chi connectivity index (χ4n) is 3.32. The molecular formula is C19H22ClN5O5. The lowest BCUT2D eigenvalue weighted by Gasteiger charge is -2.17. The Hall–Kier alpha value is -2.50. The summed E-state index contributed by atoms with van der Waals surface area (Å²) in [6, 6.07) is 9.46. The van der Waals surface area contributed by atoms with Crippen LogP contribution in [0.25, 0.3) is 11.2 Å². The summed E-state index contributed by atoms with van der Waals surface area (Å²) in [6.45, 7) is 1.92. The number of halogens is 1. The molecule has 4 N–H and O–H groups in total. The Morgan fingerprint density at radius 2 is 2.00 bits per heavy atom. The van der Waals surface area contributed by atoms with Crippen LogP contribution in [0.3, 0.4) is 0 Å². The van der Waals surface area contributed by atoms with Crippen LogP contribution in [0.4, 0.5) is 5.82 Å². The highest BCUT2D eigenvalue weighted by Gasteiger charge is 2.44. The van der Waals surface area contributed by atoms with E-state index in [1.54, 1.807) is 0 Å². The third kappa shape index (κ3) is 4.05. The van der Waals surface area contributed by atoms with Gasteiger partial charge in [-0.3, -0.25) is 4.57 Å². The zero-order valence-electron chi connectivity index (χ0n) is 16.1. The van der Waals surface area contributed by atoms with Crippen LogP contribution in [0.1, 0.15) is 13.2 Å². The summed E-state index contributed by atoms with van der Waals surface area (Å²) >= 11 is 6.10. The Kier molecular flexibility index (Phi) is 6.02. The average Bonchev–Trinajstić information content (AvgIpc) is 3.28. The van der Waals surface area contributed by atoms with Gasteiger partial charge in [-0.25, -0.2) is 4.98 Å². The molecule has 11 heteroatoms. The molecular weight excluding hydrogens is 414 g/mol. The van der Waals surface area contributed by atoms with E-state index in [-0.39, 0.29) is 11.4 Å². The van der Waals surface area contributed by atoms with E-state index >= 15 is 0 Å². The van der Waals surface area contributed by atoms with Crippen molar-refractivity contribution in [3.63, 3.8) is 0 Å². The zero-order chi connectivity index (χ0) is 21.3. The number of nitrogens with zero attached hydrogens (tertiary/aromatic N) is 4. The van der Waals surface area contributed by atoms with Gasteiger partial charge in [0.25, 0.3) is 0 Å². The van der Waals surface area contributed by atoms with Crippen molar-refractivity contribution in [1.29, 1.82) is 0 Å². The number of aliphatic hydroxyl groups excluding tert-OH is 3. The predicted octanol–water partition coefficient (Wildman–Crippen LogP) is 0.971. The number of nitrogens with one attached hydrogen (secondary N) is 1. The molecule has 1 aliphatic rings. The number of aromatic nitrogens is 4. The average molecular weight is 436 g/mol. The second-order valence-electron chi connectivity index (χ2n) is 7.02. The molecule has 2 aromatic heterocycles. The minimum atomic E-state index is -1.26. The van der Waals surface area contributed by atoms with Gasteiger partial charge in [-0.15, -0.1) is 0 Å². The van der Waals surface area contributed by atoms with Crippen molar-refractivity contribution >= 4 is 28.6 Å². The minimum absolute atomic E-state index is 0.0184. The van der Waals surface area contributed by atoms with Gasteiger partial charge in [0, 0.05) is 0 Å². The number of ether oxygens (including phenoxy) is 2. The molecule has 4 rings (SSSR count). The highest BCUT2D eigenvalue weighted by molar-refractivity contribution is 6.28. The van der Waals surface area contributed by atoms with E-state index in [0.717, 1.165) is 5.75 Å². The second-order valence-corrected chi connectivity index (χ2v) is 7.35. The Labute approximate surface area is 177 Å². The van der Waals surface area contributed by atoms with E-state index < -0.39 is 31.1 Å². The summed E-state index contributed by atoms with van der Waals surface area (Å²) in [5.41, 5.74) is 0.744. The third-order valence-corrected chi connectivity index (χ3v) is 4.99. The zero-order valence-corrected chi connectivity index (χ0v) is 16.8. The molecule has 3 heterocycles. The Balaban J connectivity index is 1.54. The molecule has 0 radical (unpaired) electrons. The first-order chi connectivity index (χ1) is 14.5. The van der Waals surface area contributed by atoms with Crippen LogP contribution in [-0.2, 0) is 4.74 Å². The number of anilines is 1. The second kappa shape index (κ2) is 8.70. The third-order valence-electron chi connectivity index (χ3n) is 4.82. The molecule has 0 spiro atoms. The molecule has 1 fully saturated rings. The molecule has 1 saturated heterocycles. The van der Waals surface area contributed by atoms with Gasteiger partial charge in [-0.2, -0.15) is 9.97 Å². The lowest BCUT2D eigenvalue weighted by Crippen LogP contribution is -2.33. The number of imidazole rings is 1. The van der Waals surface area contributed by atoms with Crippen molar-refractivity contribution in [2.24, 2.45) is 0 Å². The Morgan fingerprint density at radius 3 is 2.70 bits per heavy atom. The van der Waals surface area contributed by atoms with Gasteiger partial charge in [0.15, 0.2) is 23.2 Å². The number of rotatable bonds is 7. The fourth-order valence-corrected chi connectivity index (χ4v) is 3.49. The van der Waals surface area contributed by atoms with Crippen LogP contribution >= 0.6 is 11.6 Å². The van der Waals surface area contributed by atoms with E-state index in [1.807, 2.05) is 37.3 Å². The first-order valence-corrected chi connectivity index (χ1v) is 9.84. The molecule has 2 unspecified atom stereocenters. The molecule has 0 saturated carbocycles. The summed E-state index contributed by atoms with van der Waals surface area (Å²) in [6.07, 6.45) is -3.12. The van der Waals surface area contributed by atoms with Crippen LogP contribution in [0.5, 0.6) is 5.75 Å². The maximum Gasteiger partial charge on any atom is 0.226 e. The van der Waals surface area contributed by atoms with Crippen LogP contribution in [0, 0.1) is 0 Å². The number of aliphatic hydroxyl groups is 3. The van der Waals surface area contributed by atoms with Crippen LogP contribution in [0.2, 0.25) is 5.28 Å².